The molecule has 1 fully saturated rings. The Bertz CT molecular complexity index is 1030. The Morgan fingerprint density at radius 3 is 2.66 bits per heavy atom. The molecule has 4 N–H and O–H groups in total. The number of carbonyl (C=O) groups is 4. The van der Waals surface area contributed by atoms with Gasteiger partial charge in [-0.2, -0.15) is 5.21 Å². The maximum atomic E-state index is 13.1. The number of hydrogen-bond donors (Lipinski definition) is 4. The molecule has 13 nitrogen and oxygen atoms in total. The van der Waals surface area contributed by atoms with Crippen LogP contribution >= 0.6 is 0 Å². The third kappa shape index (κ3) is 4.22. The van der Waals surface area contributed by atoms with Crippen molar-refractivity contribution in [2.24, 2.45) is 0 Å². The number of tetrazole rings is 1. The van der Waals surface area contributed by atoms with E-state index in [9.17, 15) is 24.3 Å². The fraction of sp³-hybridized carbons (Fsp3) is 0.421. The van der Waals surface area contributed by atoms with Crippen LogP contribution in [0.1, 0.15) is 24.2 Å². The van der Waals surface area contributed by atoms with Crippen molar-refractivity contribution in [2.45, 2.75) is 37.9 Å². The minimum absolute atomic E-state index is 0.0493. The van der Waals surface area contributed by atoms with Crippen molar-refractivity contribution in [1.29, 1.82) is 0 Å². The molecule has 13 heteroatoms. The molecule has 1 aromatic carbocycles. The fourth-order valence-electron chi connectivity index (χ4n) is 4.08. The number of nitrogens with one attached hydrogen (secondary N) is 3. The number of rotatable bonds is 6. The molecule has 1 saturated heterocycles. The van der Waals surface area contributed by atoms with Gasteiger partial charge in [-0.15, -0.1) is 10.2 Å². The van der Waals surface area contributed by atoms with Crippen LogP contribution in [0.3, 0.4) is 0 Å². The standard InChI is InChI=1S/C19H22N8O5/c28-16(10-21-17(29)13-6-3-7-26(13)19(31)32)27-12-5-2-1-4-11(12)8-14(27)18(30)20-9-15-22-24-25-23-15/h1-2,4-5,13-14H,3,6-10H2,(H,20,30)(H,21,29)(H,31,32)(H,22,23,24,25)/t13?,14-/m0/s1. The molecule has 0 bridgehead atoms. The Hall–Kier alpha value is -4.03. The lowest BCUT2D eigenvalue weighted by molar-refractivity contribution is -0.128. The van der Waals surface area contributed by atoms with E-state index in [4.69, 9.17) is 0 Å². The summed E-state index contributed by atoms with van der Waals surface area (Å²) in [5, 5.41) is 27.7. The summed E-state index contributed by atoms with van der Waals surface area (Å²) in [6, 6.07) is 5.55. The zero-order valence-electron chi connectivity index (χ0n) is 17.0. The van der Waals surface area contributed by atoms with Gasteiger partial charge in [0.1, 0.15) is 12.1 Å². The Morgan fingerprint density at radius 1 is 1.12 bits per heavy atom. The largest absolute Gasteiger partial charge is 0.465 e. The lowest BCUT2D eigenvalue weighted by atomic mass is 10.1. The molecule has 3 heterocycles. The average molecular weight is 442 g/mol. The van der Waals surface area contributed by atoms with Gasteiger partial charge in [0.15, 0.2) is 5.82 Å². The summed E-state index contributed by atoms with van der Waals surface area (Å²) in [4.78, 5) is 52.1. The molecule has 0 spiro atoms. The average Bonchev–Trinajstić information content (AvgIpc) is 3.54. The van der Waals surface area contributed by atoms with Crippen molar-refractivity contribution in [1.82, 2.24) is 36.2 Å². The molecular weight excluding hydrogens is 420 g/mol. The second-order valence-corrected chi connectivity index (χ2v) is 7.51. The molecule has 32 heavy (non-hydrogen) atoms. The molecule has 168 valence electrons. The summed E-state index contributed by atoms with van der Waals surface area (Å²) in [7, 11) is 0. The van der Waals surface area contributed by atoms with E-state index < -0.39 is 35.9 Å². The highest BCUT2D eigenvalue weighted by Crippen LogP contribution is 2.32. The molecule has 2 atom stereocenters. The predicted octanol–water partition coefficient (Wildman–Crippen LogP) is -0.968. The van der Waals surface area contributed by atoms with Crippen molar-refractivity contribution in [2.75, 3.05) is 18.0 Å². The smallest absolute Gasteiger partial charge is 0.407 e. The number of fused-ring (bicyclic) bond motifs is 1. The van der Waals surface area contributed by atoms with E-state index in [2.05, 4.69) is 31.3 Å². The van der Waals surface area contributed by atoms with Gasteiger partial charge in [0.25, 0.3) is 0 Å². The summed E-state index contributed by atoms with van der Waals surface area (Å²) in [5.74, 6) is -1.08. The fourth-order valence-corrected chi connectivity index (χ4v) is 4.08. The summed E-state index contributed by atoms with van der Waals surface area (Å²) in [6.07, 6.45) is 0.143. The lowest BCUT2D eigenvalue weighted by Gasteiger charge is -2.26. The number of hydrogen-bond acceptors (Lipinski definition) is 7. The van der Waals surface area contributed by atoms with Gasteiger partial charge < -0.3 is 15.7 Å². The van der Waals surface area contributed by atoms with E-state index in [0.29, 0.717) is 30.8 Å². The molecule has 2 aliphatic heterocycles. The zero-order chi connectivity index (χ0) is 22.7. The molecule has 1 unspecified atom stereocenters. The van der Waals surface area contributed by atoms with Crippen molar-refractivity contribution in [3.05, 3.63) is 35.7 Å². The molecular formula is C19H22N8O5. The number of benzene rings is 1. The highest BCUT2D eigenvalue weighted by atomic mass is 16.4. The second kappa shape index (κ2) is 8.99. The maximum Gasteiger partial charge on any atom is 0.407 e. The quantitative estimate of drug-likeness (QED) is 0.442. The van der Waals surface area contributed by atoms with Crippen LogP contribution in [-0.4, -0.2) is 79.6 Å². The van der Waals surface area contributed by atoms with Crippen LogP contribution in [0.5, 0.6) is 0 Å². The van der Waals surface area contributed by atoms with Crippen molar-refractivity contribution in [3.63, 3.8) is 0 Å². The number of carboxylic acid groups (broad SMARTS) is 1. The number of nitrogens with zero attached hydrogens (tertiary/aromatic N) is 5. The molecule has 0 saturated carbocycles. The van der Waals surface area contributed by atoms with E-state index in [1.807, 2.05) is 12.1 Å². The van der Waals surface area contributed by atoms with Crippen LogP contribution in [0.4, 0.5) is 10.5 Å². The summed E-state index contributed by atoms with van der Waals surface area (Å²) in [6.45, 7) is -0.0249. The van der Waals surface area contributed by atoms with Gasteiger partial charge in [0.2, 0.25) is 17.7 Å². The second-order valence-electron chi connectivity index (χ2n) is 7.51. The first-order valence-electron chi connectivity index (χ1n) is 10.1. The SMILES string of the molecule is O=C(NCC(=O)N1c2ccccc2C[C@H]1C(=O)NCc1nn[nH]n1)C1CCCN1C(=O)O. The number of H-pyrrole nitrogens is 1. The monoisotopic (exact) mass is 442 g/mol. The third-order valence-electron chi connectivity index (χ3n) is 5.57. The van der Waals surface area contributed by atoms with Crippen LogP contribution < -0.4 is 15.5 Å². The topological polar surface area (TPSA) is 174 Å². The normalized spacial score (nSPS) is 19.5. The number of aromatic amines is 1. The summed E-state index contributed by atoms with van der Waals surface area (Å²) < 4.78 is 0. The van der Waals surface area contributed by atoms with Crippen molar-refractivity contribution < 1.29 is 24.3 Å². The first-order chi connectivity index (χ1) is 15.5. The lowest BCUT2D eigenvalue weighted by Crippen LogP contribution is -2.52. The Kier molecular flexibility index (Phi) is 5.96. The molecule has 0 aliphatic carbocycles. The van der Waals surface area contributed by atoms with Gasteiger partial charge >= 0.3 is 6.09 Å². The third-order valence-corrected chi connectivity index (χ3v) is 5.57. The molecule has 4 amide bonds. The zero-order valence-corrected chi connectivity index (χ0v) is 17.0. The minimum atomic E-state index is -1.17. The Labute approximate surface area is 182 Å². The van der Waals surface area contributed by atoms with Gasteiger partial charge in [0, 0.05) is 18.7 Å². The minimum Gasteiger partial charge on any atom is -0.465 e. The van der Waals surface area contributed by atoms with Crippen LogP contribution in [0.2, 0.25) is 0 Å². The van der Waals surface area contributed by atoms with Gasteiger partial charge in [0.05, 0.1) is 13.1 Å². The number of anilines is 1. The van der Waals surface area contributed by atoms with Crippen molar-refractivity contribution in [3.8, 4) is 0 Å². The Balaban J connectivity index is 1.43. The Morgan fingerprint density at radius 2 is 1.91 bits per heavy atom. The highest BCUT2D eigenvalue weighted by molar-refractivity contribution is 6.05. The first-order valence-corrected chi connectivity index (χ1v) is 10.1. The van der Waals surface area contributed by atoms with Crippen LogP contribution in [0, 0.1) is 0 Å². The van der Waals surface area contributed by atoms with E-state index in [-0.39, 0.29) is 19.6 Å². The van der Waals surface area contributed by atoms with Crippen molar-refractivity contribution >= 4 is 29.5 Å². The molecule has 2 aliphatic rings. The number of aromatic nitrogens is 4. The highest BCUT2D eigenvalue weighted by Gasteiger charge is 2.39. The first kappa shape index (κ1) is 21.2. The summed E-state index contributed by atoms with van der Waals surface area (Å²) >= 11 is 0. The van der Waals surface area contributed by atoms with Gasteiger partial charge in [-0.3, -0.25) is 24.2 Å². The van der Waals surface area contributed by atoms with Crippen LogP contribution in [0.25, 0.3) is 0 Å². The van der Waals surface area contributed by atoms with E-state index in [0.717, 1.165) is 10.5 Å². The summed E-state index contributed by atoms with van der Waals surface area (Å²) in [5.41, 5.74) is 1.43. The number of amides is 4. The molecule has 1 aromatic heterocycles. The maximum absolute atomic E-state index is 13.1. The van der Waals surface area contributed by atoms with E-state index >= 15 is 0 Å². The molecule has 4 rings (SSSR count). The predicted molar refractivity (Wildman–Crippen MR) is 108 cm³/mol. The number of carbonyl (C=O) groups excluding carboxylic acids is 3. The molecule has 2 aromatic rings. The van der Waals surface area contributed by atoms with Gasteiger partial charge in [-0.25, -0.2) is 4.79 Å². The van der Waals surface area contributed by atoms with Crippen LogP contribution in [-0.2, 0) is 27.3 Å². The van der Waals surface area contributed by atoms with Gasteiger partial charge in [-0.1, -0.05) is 23.4 Å². The van der Waals surface area contributed by atoms with Crippen LogP contribution in [0.15, 0.2) is 24.3 Å². The van der Waals surface area contributed by atoms with Gasteiger partial charge in [-0.05, 0) is 24.5 Å². The van der Waals surface area contributed by atoms with E-state index in [1.54, 1.807) is 12.1 Å². The molecule has 0 radical (unpaired) electrons. The number of likely N-dealkylation sites (tertiary alicyclic amines) is 1. The van der Waals surface area contributed by atoms with E-state index in [1.165, 1.54) is 4.90 Å². The number of para-hydroxylation sites is 1.